The first kappa shape index (κ1) is 32.7. The highest BCUT2D eigenvalue weighted by atomic mass is 16.4. The normalized spacial score (nSPS) is 15.1. The Balaban J connectivity index is 0.000000770. The second-order valence-electron chi connectivity index (χ2n) is 7.85. The lowest BCUT2D eigenvalue weighted by atomic mass is 10.0. The molecule has 0 aliphatic heterocycles. The number of benzene rings is 1. The van der Waals surface area contributed by atoms with Crippen LogP contribution in [0.5, 0.6) is 0 Å². The molecule has 0 aromatic heterocycles. The molecule has 34 heavy (non-hydrogen) atoms. The Morgan fingerprint density at radius 3 is 1.03 bits per heavy atom. The first-order valence-electron chi connectivity index (χ1n) is 11.4. The predicted octanol–water partition coefficient (Wildman–Crippen LogP) is -4.39. The molecule has 0 saturated carbocycles. The molecular weight excluding hydrogens is 448 g/mol. The van der Waals surface area contributed by atoms with Crippen LogP contribution < -0.4 is 11.5 Å². The summed E-state index contributed by atoms with van der Waals surface area (Å²) in [6, 6.07) is 8.14. The standard InChI is InChI=1S/C16H28N2O4.C6H16N2O4/c19-9-5-17(6-10-20)13-15-1-2-16(4-3-15)14-18(7-11-21)8-12-22;7-1-3(9)5(11)6(12)4(10)2-8/h1-4,19-22H,5-14H2;3-6,9-12H,1-2,7-8H2/t;3-,4-,5-,6-/m.1/s1. The zero-order valence-electron chi connectivity index (χ0n) is 19.7. The third-order valence-corrected chi connectivity index (χ3v) is 5.12. The van der Waals surface area contributed by atoms with Crippen molar-refractivity contribution in [1.82, 2.24) is 9.80 Å². The van der Waals surface area contributed by atoms with Gasteiger partial charge in [0, 0.05) is 52.4 Å². The number of nitrogens with zero attached hydrogens (tertiary/aromatic N) is 2. The predicted molar refractivity (Wildman–Crippen MR) is 127 cm³/mol. The smallest absolute Gasteiger partial charge is 0.110 e. The highest BCUT2D eigenvalue weighted by Gasteiger charge is 2.28. The molecule has 0 aliphatic rings. The lowest BCUT2D eigenvalue weighted by Gasteiger charge is -2.24. The van der Waals surface area contributed by atoms with Crippen LogP contribution in [0.4, 0.5) is 0 Å². The maximum absolute atomic E-state index is 9.09. The van der Waals surface area contributed by atoms with Crippen molar-refractivity contribution in [3.63, 3.8) is 0 Å². The minimum atomic E-state index is -1.46. The first-order valence-corrected chi connectivity index (χ1v) is 11.4. The Hall–Kier alpha value is -1.26. The van der Waals surface area contributed by atoms with E-state index in [4.69, 9.17) is 52.3 Å². The maximum atomic E-state index is 9.09. The molecule has 0 fully saturated rings. The third-order valence-electron chi connectivity index (χ3n) is 5.12. The van der Waals surface area contributed by atoms with Gasteiger partial charge < -0.3 is 52.3 Å². The van der Waals surface area contributed by atoms with Crippen molar-refractivity contribution < 1.29 is 40.9 Å². The Kier molecular flexibility index (Phi) is 19.2. The van der Waals surface area contributed by atoms with Crippen molar-refractivity contribution in [1.29, 1.82) is 0 Å². The molecule has 0 saturated heterocycles. The molecule has 0 aliphatic carbocycles. The van der Waals surface area contributed by atoms with E-state index >= 15 is 0 Å². The van der Waals surface area contributed by atoms with E-state index in [2.05, 4.69) is 0 Å². The molecule has 0 radical (unpaired) electrons. The maximum Gasteiger partial charge on any atom is 0.110 e. The number of aliphatic hydroxyl groups excluding tert-OH is 8. The highest BCUT2D eigenvalue weighted by Crippen LogP contribution is 2.10. The van der Waals surface area contributed by atoms with Gasteiger partial charge in [-0.05, 0) is 11.1 Å². The van der Waals surface area contributed by atoms with E-state index in [1.165, 1.54) is 0 Å². The van der Waals surface area contributed by atoms with Gasteiger partial charge in [-0.3, -0.25) is 9.80 Å². The van der Waals surface area contributed by atoms with Gasteiger partial charge in [-0.2, -0.15) is 0 Å². The molecule has 1 rings (SSSR count). The Labute approximate surface area is 201 Å². The van der Waals surface area contributed by atoms with Crippen LogP contribution in [0.1, 0.15) is 11.1 Å². The van der Waals surface area contributed by atoms with Gasteiger partial charge in [0.2, 0.25) is 0 Å². The van der Waals surface area contributed by atoms with Crippen LogP contribution in [0.2, 0.25) is 0 Å². The summed E-state index contributed by atoms with van der Waals surface area (Å²) in [5.41, 5.74) is 12.3. The number of hydrogen-bond donors (Lipinski definition) is 10. The van der Waals surface area contributed by atoms with Gasteiger partial charge in [-0.25, -0.2) is 0 Å². The zero-order chi connectivity index (χ0) is 25.9. The average Bonchev–Trinajstić information content (AvgIpc) is 2.84. The van der Waals surface area contributed by atoms with Crippen LogP contribution in [0.3, 0.4) is 0 Å². The fourth-order valence-electron chi connectivity index (χ4n) is 3.11. The Morgan fingerprint density at radius 2 is 0.824 bits per heavy atom. The lowest BCUT2D eigenvalue weighted by molar-refractivity contribution is -0.0990. The quantitative estimate of drug-likeness (QED) is 0.0996. The van der Waals surface area contributed by atoms with Crippen molar-refractivity contribution in [2.75, 3.05) is 65.7 Å². The van der Waals surface area contributed by atoms with Crippen LogP contribution in [0, 0.1) is 0 Å². The van der Waals surface area contributed by atoms with E-state index in [0.29, 0.717) is 39.3 Å². The molecule has 12 N–H and O–H groups in total. The molecule has 0 spiro atoms. The largest absolute Gasteiger partial charge is 0.395 e. The average molecular weight is 493 g/mol. The summed E-state index contributed by atoms with van der Waals surface area (Å²) in [4.78, 5) is 4.00. The molecule has 1 aromatic carbocycles. The summed E-state index contributed by atoms with van der Waals surface area (Å²) in [5.74, 6) is 0. The summed E-state index contributed by atoms with van der Waals surface area (Å²) >= 11 is 0. The van der Waals surface area contributed by atoms with E-state index in [1.54, 1.807) is 0 Å². The van der Waals surface area contributed by atoms with Crippen LogP contribution in [0.25, 0.3) is 0 Å². The van der Waals surface area contributed by atoms with Crippen molar-refractivity contribution in [3.8, 4) is 0 Å². The molecule has 12 nitrogen and oxygen atoms in total. The zero-order valence-corrected chi connectivity index (χ0v) is 19.7. The number of aliphatic hydroxyl groups is 8. The summed E-state index contributed by atoms with van der Waals surface area (Å²) in [6.07, 6.45) is -5.43. The number of nitrogens with two attached hydrogens (primary N) is 2. The van der Waals surface area contributed by atoms with Gasteiger partial charge >= 0.3 is 0 Å². The fraction of sp³-hybridized carbons (Fsp3) is 0.727. The van der Waals surface area contributed by atoms with E-state index < -0.39 is 24.4 Å². The number of rotatable bonds is 17. The van der Waals surface area contributed by atoms with Crippen LogP contribution in [-0.2, 0) is 13.1 Å². The summed E-state index contributed by atoms with van der Waals surface area (Å²) < 4.78 is 0. The van der Waals surface area contributed by atoms with E-state index in [9.17, 15) is 0 Å². The summed E-state index contributed by atoms with van der Waals surface area (Å²) in [5, 5.41) is 72.2. The molecule has 1 aromatic rings. The first-order chi connectivity index (χ1) is 16.3. The minimum absolute atomic E-state index is 0.0787. The van der Waals surface area contributed by atoms with Crippen molar-refractivity contribution >= 4 is 0 Å². The van der Waals surface area contributed by atoms with Crippen molar-refractivity contribution in [2.45, 2.75) is 37.5 Å². The molecule has 4 atom stereocenters. The van der Waals surface area contributed by atoms with Gasteiger partial charge in [-0.1, -0.05) is 24.3 Å². The second kappa shape index (κ2) is 20.0. The SMILES string of the molecule is NC[C@@H](O)[C@@H](O)[C@H](O)[C@H](O)CN.OCCN(CCO)Cc1ccc(CN(CCO)CCO)cc1. The van der Waals surface area contributed by atoms with Crippen molar-refractivity contribution in [3.05, 3.63) is 35.4 Å². The summed E-state index contributed by atoms with van der Waals surface area (Å²) in [7, 11) is 0. The molecule has 0 unspecified atom stereocenters. The molecular formula is C22H44N4O8. The second-order valence-corrected chi connectivity index (χ2v) is 7.85. The van der Waals surface area contributed by atoms with Gasteiger partial charge in [0.05, 0.1) is 38.6 Å². The van der Waals surface area contributed by atoms with Crippen molar-refractivity contribution in [2.24, 2.45) is 11.5 Å². The molecule has 200 valence electrons. The summed E-state index contributed by atoms with van der Waals surface area (Å²) in [6.45, 7) is 3.51. The minimum Gasteiger partial charge on any atom is -0.395 e. The van der Waals surface area contributed by atoms with Gasteiger partial charge in [0.15, 0.2) is 0 Å². The highest BCUT2D eigenvalue weighted by molar-refractivity contribution is 5.22. The van der Waals surface area contributed by atoms with E-state index in [1.807, 2.05) is 34.1 Å². The molecule has 0 amide bonds. The topological polar surface area (TPSA) is 220 Å². The lowest BCUT2D eigenvalue weighted by Crippen LogP contribution is -2.49. The van der Waals surface area contributed by atoms with Gasteiger partial charge in [0.25, 0.3) is 0 Å². The van der Waals surface area contributed by atoms with Gasteiger partial charge in [-0.15, -0.1) is 0 Å². The fourth-order valence-corrected chi connectivity index (χ4v) is 3.11. The van der Waals surface area contributed by atoms with Crippen LogP contribution >= 0.6 is 0 Å². The van der Waals surface area contributed by atoms with E-state index in [-0.39, 0.29) is 39.5 Å². The molecule has 0 bridgehead atoms. The molecule has 0 heterocycles. The monoisotopic (exact) mass is 492 g/mol. The van der Waals surface area contributed by atoms with Crippen LogP contribution in [0.15, 0.2) is 24.3 Å². The Morgan fingerprint density at radius 1 is 0.559 bits per heavy atom. The Bertz CT molecular complexity index is 536. The van der Waals surface area contributed by atoms with E-state index in [0.717, 1.165) is 11.1 Å². The third kappa shape index (κ3) is 13.6. The van der Waals surface area contributed by atoms with Gasteiger partial charge in [0.1, 0.15) is 12.2 Å². The number of hydrogen-bond acceptors (Lipinski definition) is 12. The molecule has 12 heteroatoms. The van der Waals surface area contributed by atoms with Crippen LogP contribution in [-0.4, -0.2) is 141 Å².